The Morgan fingerprint density at radius 2 is 1.96 bits per heavy atom. The van der Waals surface area contributed by atoms with E-state index in [1.165, 1.54) is 24.8 Å². The molecular formula is C22H22ClN3. The SMILES string of the molecule is [C-]#[N+]c1ccc2c(c1)CC1(CCCCC1)C(=NCc1cccc(Cl)c1)N2. The maximum atomic E-state index is 7.29. The lowest BCUT2D eigenvalue weighted by Crippen LogP contribution is -2.43. The van der Waals surface area contributed by atoms with Gasteiger partial charge in [-0.25, -0.2) is 4.85 Å². The van der Waals surface area contributed by atoms with Gasteiger partial charge in [0.2, 0.25) is 0 Å². The Balaban J connectivity index is 1.68. The number of halogens is 1. The molecule has 1 fully saturated rings. The van der Waals surface area contributed by atoms with Gasteiger partial charge in [0.15, 0.2) is 5.69 Å². The minimum atomic E-state index is 0.0878. The van der Waals surface area contributed by atoms with Gasteiger partial charge in [0.1, 0.15) is 5.84 Å². The Morgan fingerprint density at radius 1 is 1.12 bits per heavy atom. The van der Waals surface area contributed by atoms with Crippen molar-refractivity contribution in [2.75, 3.05) is 5.32 Å². The van der Waals surface area contributed by atoms with Gasteiger partial charge in [0.05, 0.1) is 13.1 Å². The molecule has 1 N–H and O–H groups in total. The van der Waals surface area contributed by atoms with E-state index < -0.39 is 0 Å². The Kier molecular flexibility index (Phi) is 4.70. The molecule has 0 radical (unpaired) electrons. The summed E-state index contributed by atoms with van der Waals surface area (Å²) in [5.74, 6) is 1.11. The number of anilines is 1. The molecule has 4 heteroatoms. The van der Waals surface area contributed by atoms with Gasteiger partial charge in [-0.3, -0.25) is 4.99 Å². The predicted molar refractivity (Wildman–Crippen MR) is 108 cm³/mol. The van der Waals surface area contributed by atoms with Crippen molar-refractivity contribution in [1.82, 2.24) is 0 Å². The molecule has 3 nitrogen and oxygen atoms in total. The number of rotatable bonds is 2. The first kappa shape index (κ1) is 17.1. The van der Waals surface area contributed by atoms with Gasteiger partial charge < -0.3 is 5.32 Å². The molecule has 0 unspecified atom stereocenters. The molecule has 1 spiro atoms. The summed E-state index contributed by atoms with van der Waals surface area (Å²) in [6.07, 6.45) is 7.10. The second kappa shape index (κ2) is 7.13. The van der Waals surface area contributed by atoms with Crippen LogP contribution in [0.1, 0.15) is 43.2 Å². The van der Waals surface area contributed by atoms with Crippen LogP contribution in [0.5, 0.6) is 0 Å². The number of hydrogen-bond donors (Lipinski definition) is 1. The summed E-state index contributed by atoms with van der Waals surface area (Å²) in [5.41, 5.74) is 4.29. The number of benzene rings is 2. The number of aliphatic imine (C=N–C) groups is 1. The average Bonchev–Trinajstić information content (AvgIpc) is 2.66. The Bertz CT molecular complexity index is 889. The molecule has 0 atom stereocenters. The van der Waals surface area contributed by atoms with Crippen LogP contribution >= 0.6 is 11.6 Å². The number of hydrogen-bond acceptors (Lipinski definition) is 1. The summed E-state index contributed by atoms with van der Waals surface area (Å²) in [6, 6.07) is 13.9. The van der Waals surface area contributed by atoms with Crippen LogP contribution in [0.4, 0.5) is 11.4 Å². The fourth-order valence-electron chi connectivity index (χ4n) is 4.28. The molecule has 2 aromatic rings. The van der Waals surface area contributed by atoms with Crippen LogP contribution in [0, 0.1) is 12.0 Å². The largest absolute Gasteiger partial charge is 0.343 e. The van der Waals surface area contributed by atoms with Crippen molar-refractivity contribution in [1.29, 1.82) is 0 Å². The van der Waals surface area contributed by atoms with Crippen molar-refractivity contribution in [2.24, 2.45) is 10.4 Å². The number of amidine groups is 1. The third-order valence-electron chi connectivity index (χ3n) is 5.62. The van der Waals surface area contributed by atoms with Crippen molar-refractivity contribution in [2.45, 2.75) is 45.1 Å². The normalized spacial score (nSPS) is 19.6. The molecule has 2 aliphatic rings. The van der Waals surface area contributed by atoms with Gasteiger partial charge in [-0.15, -0.1) is 0 Å². The van der Waals surface area contributed by atoms with E-state index in [0.717, 1.165) is 47.1 Å². The number of fused-ring (bicyclic) bond motifs is 1. The van der Waals surface area contributed by atoms with Crippen molar-refractivity contribution >= 4 is 28.8 Å². The molecule has 0 saturated heterocycles. The first-order valence-electron chi connectivity index (χ1n) is 9.25. The number of nitrogens with one attached hydrogen (secondary N) is 1. The molecule has 0 bridgehead atoms. The first-order valence-corrected chi connectivity index (χ1v) is 9.63. The molecule has 1 heterocycles. The van der Waals surface area contributed by atoms with E-state index >= 15 is 0 Å². The summed E-state index contributed by atoms with van der Waals surface area (Å²) < 4.78 is 0. The summed E-state index contributed by atoms with van der Waals surface area (Å²) in [4.78, 5) is 8.59. The van der Waals surface area contributed by atoms with E-state index in [2.05, 4.69) is 16.2 Å². The molecule has 1 saturated carbocycles. The van der Waals surface area contributed by atoms with E-state index in [-0.39, 0.29) is 5.41 Å². The standard InChI is InChI=1S/C22H22ClN3/c1-24-19-8-9-20-17(13-19)14-22(10-3-2-4-11-22)21(26-20)25-15-16-6-5-7-18(23)12-16/h5-9,12-13H,2-4,10-11,14-15H2,(H,25,26). The van der Waals surface area contributed by atoms with Crippen LogP contribution < -0.4 is 5.32 Å². The summed E-state index contributed by atoms with van der Waals surface area (Å²) in [5, 5.41) is 4.36. The molecule has 0 aromatic heterocycles. The van der Waals surface area contributed by atoms with Gasteiger partial charge in [0.25, 0.3) is 0 Å². The van der Waals surface area contributed by atoms with Crippen LogP contribution in [0.2, 0.25) is 5.02 Å². The van der Waals surface area contributed by atoms with Gasteiger partial charge in [-0.05, 0) is 48.6 Å². The zero-order chi connectivity index (χ0) is 18.0. The van der Waals surface area contributed by atoms with Gasteiger partial charge in [-0.2, -0.15) is 0 Å². The van der Waals surface area contributed by atoms with Crippen LogP contribution in [0.15, 0.2) is 47.5 Å². The van der Waals surface area contributed by atoms with Crippen LogP contribution in [-0.4, -0.2) is 5.84 Å². The van der Waals surface area contributed by atoms with E-state index in [0.29, 0.717) is 6.54 Å². The van der Waals surface area contributed by atoms with Crippen molar-refractivity contribution in [3.05, 3.63) is 70.0 Å². The molecule has 1 aliphatic carbocycles. The van der Waals surface area contributed by atoms with Crippen molar-refractivity contribution < 1.29 is 0 Å². The number of nitrogens with zero attached hydrogens (tertiary/aromatic N) is 2. The average molecular weight is 364 g/mol. The summed E-state index contributed by atoms with van der Waals surface area (Å²) in [7, 11) is 0. The lowest BCUT2D eigenvalue weighted by molar-refractivity contribution is 0.278. The third-order valence-corrected chi connectivity index (χ3v) is 5.86. The highest BCUT2D eigenvalue weighted by Gasteiger charge is 2.40. The second-order valence-corrected chi connectivity index (χ2v) is 7.83. The van der Waals surface area contributed by atoms with E-state index in [1.807, 2.05) is 36.4 Å². The van der Waals surface area contributed by atoms with Crippen LogP contribution in [-0.2, 0) is 13.0 Å². The maximum absolute atomic E-state index is 7.29. The highest BCUT2D eigenvalue weighted by atomic mass is 35.5. The fraction of sp³-hybridized carbons (Fsp3) is 0.364. The smallest absolute Gasteiger partial charge is 0.187 e. The molecular weight excluding hydrogens is 342 g/mol. The quantitative estimate of drug-likeness (QED) is 0.614. The lowest BCUT2D eigenvalue weighted by Gasteiger charge is -2.42. The third kappa shape index (κ3) is 3.34. The zero-order valence-corrected chi connectivity index (χ0v) is 15.5. The molecule has 132 valence electrons. The lowest BCUT2D eigenvalue weighted by atomic mass is 9.67. The van der Waals surface area contributed by atoms with Crippen molar-refractivity contribution in [3.8, 4) is 0 Å². The Hall–Kier alpha value is -2.31. The van der Waals surface area contributed by atoms with Gasteiger partial charge >= 0.3 is 0 Å². The summed E-state index contributed by atoms with van der Waals surface area (Å²) >= 11 is 6.12. The van der Waals surface area contributed by atoms with Gasteiger partial charge in [-0.1, -0.05) is 55.1 Å². The molecule has 2 aromatic carbocycles. The fourth-order valence-corrected chi connectivity index (χ4v) is 4.49. The monoisotopic (exact) mass is 363 g/mol. The van der Waals surface area contributed by atoms with E-state index in [1.54, 1.807) is 0 Å². The minimum absolute atomic E-state index is 0.0878. The topological polar surface area (TPSA) is 28.8 Å². The van der Waals surface area contributed by atoms with E-state index in [9.17, 15) is 0 Å². The van der Waals surface area contributed by atoms with E-state index in [4.69, 9.17) is 23.2 Å². The second-order valence-electron chi connectivity index (χ2n) is 7.39. The highest BCUT2D eigenvalue weighted by molar-refractivity contribution is 6.30. The van der Waals surface area contributed by atoms with Crippen molar-refractivity contribution in [3.63, 3.8) is 0 Å². The van der Waals surface area contributed by atoms with Gasteiger partial charge in [0, 0.05) is 16.1 Å². The summed E-state index contributed by atoms with van der Waals surface area (Å²) in [6.45, 7) is 7.92. The predicted octanol–water partition coefficient (Wildman–Crippen LogP) is 6.41. The molecule has 4 rings (SSSR count). The zero-order valence-electron chi connectivity index (χ0n) is 14.8. The molecule has 26 heavy (non-hydrogen) atoms. The maximum Gasteiger partial charge on any atom is 0.187 e. The Morgan fingerprint density at radius 3 is 2.73 bits per heavy atom. The molecule has 1 aliphatic heterocycles. The first-order chi connectivity index (χ1) is 12.7. The van der Waals surface area contributed by atoms with Crippen LogP contribution in [0.25, 0.3) is 4.85 Å². The Labute approximate surface area is 159 Å². The van der Waals surface area contributed by atoms with Crippen LogP contribution in [0.3, 0.4) is 0 Å². The molecule has 0 amide bonds. The minimum Gasteiger partial charge on any atom is -0.343 e. The highest BCUT2D eigenvalue weighted by Crippen LogP contribution is 2.45.